The molecule has 1 aromatic heterocycles. The van der Waals surface area contributed by atoms with Crippen LogP contribution in [0, 0.1) is 32.4 Å². The van der Waals surface area contributed by atoms with Crippen molar-refractivity contribution >= 4 is 23.4 Å². The summed E-state index contributed by atoms with van der Waals surface area (Å²) < 4.78 is 26.2. The van der Waals surface area contributed by atoms with E-state index in [0.29, 0.717) is 5.16 Å². The Hall–Kier alpha value is -2.02. The van der Waals surface area contributed by atoms with Crippen LogP contribution in [-0.2, 0) is 4.79 Å². The number of rotatable bonds is 4. The highest BCUT2D eigenvalue weighted by Crippen LogP contribution is 2.19. The van der Waals surface area contributed by atoms with Gasteiger partial charge in [0, 0.05) is 17.5 Å². The van der Waals surface area contributed by atoms with Gasteiger partial charge in [-0.2, -0.15) is 0 Å². The van der Waals surface area contributed by atoms with E-state index in [2.05, 4.69) is 15.3 Å². The highest BCUT2D eigenvalue weighted by molar-refractivity contribution is 7.99. The van der Waals surface area contributed by atoms with Crippen LogP contribution in [0.15, 0.2) is 23.4 Å². The summed E-state index contributed by atoms with van der Waals surface area (Å²) in [6.45, 7) is 5.69. The summed E-state index contributed by atoms with van der Waals surface area (Å²) in [5, 5.41) is 2.89. The molecule has 2 rings (SSSR count). The van der Waals surface area contributed by atoms with Gasteiger partial charge < -0.3 is 5.32 Å². The van der Waals surface area contributed by atoms with Crippen LogP contribution in [0.1, 0.15) is 17.0 Å². The zero-order valence-electron chi connectivity index (χ0n) is 12.4. The van der Waals surface area contributed by atoms with Crippen LogP contribution in [0.4, 0.5) is 14.5 Å². The Kier molecular flexibility index (Phi) is 5.07. The molecule has 22 heavy (non-hydrogen) atoms. The molecule has 116 valence electrons. The molecular weight excluding hydrogens is 308 g/mol. The number of hydrogen-bond acceptors (Lipinski definition) is 4. The van der Waals surface area contributed by atoms with E-state index >= 15 is 0 Å². The van der Waals surface area contributed by atoms with Gasteiger partial charge in [-0.25, -0.2) is 18.7 Å². The molecule has 4 nitrogen and oxygen atoms in total. The summed E-state index contributed by atoms with van der Waals surface area (Å²) in [6.07, 6.45) is 0. The monoisotopic (exact) mass is 323 g/mol. The maximum Gasteiger partial charge on any atom is 0.234 e. The van der Waals surface area contributed by atoms with Crippen molar-refractivity contribution in [2.24, 2.45) is 0 Å². The molecule has 1 amide bonds. The highest BCUT2D eigenvalue weighted by Gasteiger charge is 2.11. The highest BCUT2D eigenvalue weighted by atomic mass is 32.2. The van der Waals surface area contributed by atoms with Crippen molar-refractivity contribution in [1.29, 1.82) is 0 Å². The molecule has 0 radical (unpaired) electrons. The van der Waals surface area contributed by atoms with E-state index in [4.69, 9.17) is 0 Å². The number of benzene rings is 1. The molecule has 1 heterocycles. The van der Waals surface area contributed by atoms with Crippen LogP contribution in [-0.4, -0.2) is 21.6 Å². The Morgan fingerprint density at radius 3 is 2.41 bits per heavy atom. The Morgan fingerprint density at radius 1 is 1.18 bits per heavy atom. The van der Waals surface area contributed by atoms with Gasteiger partial charge in [0.15, 0.2) is 5.16 Å². The molecule has 1 N–H and O–H groups in total. The van der Waals surface area contributed by atoms with Gasteiger partial charge >= 0.3 is 0 Å². The average molecular weight is 323 g/mol. The summed E-state index contributed by atoms with van der Waals surface area (Å²) in [4.78, 5) is 20.4. The first-order valence-electron chi connectivity index (χ1n) is 6.56. The SMILES string of the molecule is Cc1nc(SCC(=O)Nc2ccc(F)cc2F)nc(C)c1C. The summed E-state index contributed by atoms with van der Waals surface area (Å²) in [5.41, 5.74) is 2.69. The number of aryl methyl sites for hydroxylation is 2. The average Bonchev–Trinajstić information content (AvgIpc) is 2.45. The van der Waals surface area contributed by atoms with Gasteiger partial charge in [-0.3, -0.25) is 4.79 Å². The summed E-state index contributed by atoms with van der Waals surface area (Å²) in [5.74, 6) is -1.87. The van der Waals surface area contributed by atoms with Gasteiger partial charge in [-0.1, -0.05) is 11.8 Å². The zero-order chi connectivity index (χ0) is 16.3. The van der Waals surface area contributed by atoms with Crippen molar-refractivity contribution in [1.82, 2.24) is 9.97 Å². The Bertz CT molecular complexity index is 699. The zero-order valence-corrected chi connectivity index (χ0v) is 13.2. The third-order valence-electron chi connectivity index (χ3n) is 3.15. The van der Waals surface area contributed by atoms with Crippen molar-refractivity contribution in [2.75, 3.05) is 11.1 Å². The first kappa shape index (κ1) is 16.4. The van der Waals surface area contributed by atoms with Crippen LogP contribution in [0.2, 0.25) is 0 Å². The van der Waals surface area contributed by atoms with Crippen LogP contribution in [0.5, 0.6) is 0 Å². The molecule has 1 aromatic carbocycles. The Balaban J connectivity index is 1.98. The van der Waals surface area contributed by atoms with Crippen molar-refractivity contribution in [3.63, 3.8) is 0 Å². The number of anilines is 1. The first-order valence-corrected chi connectivity index (χ1v) is 7.55. The largest absolute Gasteiger partial charge is 0.323 e. The fraction of sp³-hybridized carbons (Fsp3) is 0.267. The number of halogens is 2. The number of nitrogens with zero attached hydrogens (tertiary/aromatic N) is 2. The molecule has 0 fully saturated rings. The number of thioether (sulfide) groups is 1. The second-order valence-electron chi connectivity index (χ2n) is 4.76. The summed E-state index contributed by atoms with van der Waals surface area (Å²) >= 11 is 1.16. The predicted octanol–water partition coefficient (Wildman–Crippen LogP) is 3.41. The molecule has 7 heteroatoms. The summed E-state index contributed by atoms with van der Waals surface area (Å²) in [7, 11) is 0. The standard InChI is InChI=1S/C15H15F2N3OS/c1-8-9(2)18-15(19-10(8)3)22-7-14(21)20-13-5-4-11(16)6-12(13)17/h4-6H,7H2,1-3H3,(H,20,21). The maximum atomic E-state index is 13.4. The van der Waals surface area contributed by atoms with E-state index in [-0.39, 0.29) is 11.4 Å². The molecule has 0 unspecified atom stereocenters. The van der Waals surface area contributed by atoms with Crippen LogP contribution in [0.25, 0.3) is 0 Å². The van der Waals surface area contributed by atoms with Gasteiger partial charge in [0.25, 0.3) is 0 Å². The lowest BCUT2D eigenvalue weighted by Gasteiger charge is -2.08. The predicted molar refractivity (Wildman–Crippen MR) is 82.0 cm³/mol. The van der Waals surface area contributed by atoms with Gasteiger partial charge in [0.1, 0.15) is 11.6 Å². The molecule has 0 saturated heterocycles. The number of nitrogens with one attached hydrogen (secondary N) is 1. The first-order chi connectivity index (χ1) is 10.4. The maximum absolute atomic E-state index is 13.4. The lowest BCUT2D eigenvalue weighted by Crippen LogP contribution is -2.15. The number of hydrogen-bond donors (Lipinski definition) is 1. The minimum atomic E-state index is -0.809. The molecule has 0 spiro atoms. The number of amides is 1. The van der Waals surface area contributed by atoms with Crippen LogP contribution < -0.4 is 5.32 Å². The van der Waals surface area contributed by atoms with Gasteiger partial charge in [-0.05, 0) is 38.5 Å². The van der Waals surface area contributed by atoms with E-state index in [0.717, 1.165) is 40.8 Å². The quantitative estimate of drug-likeness (QED) is 0.692. The fourth-order valence-electron chi connectivity index (χ4n) is 1.71. The van der Waals surface area contributed by atoms with Gasteiger partial charge in [0.2, 0.25) is 5.91 Å². The van der Waals surface area contributed by atoms with E-state index in [1.807, 2.05) is 20.8 Å². The van der Waals surface area contributed by atoms with E-state index < -0.39 is 17.5 Å². The van der Waals surface area contributed by atoms with E-state index in [9.17, 15) is 13.6 Å². The van der Waals surface area contributed by atoms with Crippen molar-refractivity contribution in [2.45, 2.75) is 25.9 Å². The molecule has 0 aliphatic rings. The second-order valence-corrected chi connectivity index (χ2v) is 5.71. The third-order valence-corrected chi connectivity index (χ3v) is 4.00. The molecule has 0 bridgehead atoms. The third kappa shape index (κ3) is 4.00. The second kappa shape index (κ2) is 6.83. The minimum absolute atomic E-state index is 0.0404. The molecule has 0 atom stereocenters. The fourth-order valence-corrected chi connectivity index (χ4v) is 2.45. The Morgan fingerprint density at radius 2 is 1.82 bits per heavy atom. The van der Waals surface area contributed by atoms with E-state index in [1.54, 1.807) is 0 Å². The van der Waals surface area contributed by atoms with Crippen LogP contribution in [0.3, 0.4) is 0 Å². The summed E-state index contributed by atoms with van der Waals surface area (Å²) in [6, 6.07) is 2.99. The topological polar surface area (TPSA) is 54.9 Å². The smallest absolute Gasteiger partial charge is 0.234 e. The number of carbonyl (C=O) groups is 1. The van der Waals surface area contributed by atoms with Crippen molar-refractivity contribution in [3.8, 4) is 0 Å². The van der Waals surface area contributed by atoms with Crippen molar-refractivity contribution < 1.29 is 13.6 Å². The van der Waals surface area contributed by atoms with Crippen molar-refractivity contribution in [3.05, 3.63) is 46.8 Å². The molecule has 0 aliphatic heterocycles. The molecular formula is C15H15F2N3OS. The van der Waals surface area contributed by atoms with Gasteiger partial charge in [-0.15, -0.1) is 0 Å². The van der Waals surface area contributed by atoms with Gasteiger partial charge in [0.05, 0.1) is 11.4 Å². The van der Waals surface area contributed by atoms with Crippen LogP contribution >= 0.6 is 11.8 Å². The lowest BCUT2D eigenvalue weighted by atomic mass is 10.2. The van der Waals surface area contributed by atoms with E-state index in [1.165, 1.54) is 6.07 Å². The minimum Gasteiger partial charge on any atom is -0.323 e. The normalized spacial score (nSPS) is 10.6. The molecule has 0 aliphatic carbocycles. The number of aromatic nitrogens is 2. The molecule has 2 aromatic rings. The molecule has 0 saturated carbocycles. The lowest BCUT2D eigenvalue weighted by molar-refractivity contribution is -0.113. The number of carbonyl (C=O) groups excluding carboxylic acids is 1. The Labute approximate surface area is 131 Å².